The van der Waals surface area contributed by atoms with Crippen LogP contribution in [0.4, 0.5) is 0 Å². The minimum absolute atomic E-state index is 0.0473. The molecule has 0 radical (unpaired) electrons. The number of aliphatic carboxylic acids is 2. The van der Waals surface area contributed by atoms with Crippen LogP contribution < -0.4 is 16.0 Å². The third kappa shape index (κ3) is 6.37. The molecule has 0 aliphatic carbocycles. The second-order valence-corrected chi connectivity index (χ2v) is 6.31. The second kappa shape index (κ2) is 9.67. The summed E-state index contributed by atoms with van der Waals surface area (Å²) in [5.41, 5.74) is 0.448. The number of carbonyl (C=O) groups is 4. The van der Waals surface area contributed by atoms with E-state index in [0.29, 0.717) is 18.7 Å². The number of H-pyrrole nitrogens is 1. The van der Waals surface area contributed by atoms with Crippen LogP contribution in [0.3, 0.4) is 0 Å². The number of nitrogens with zero attached hydrogens (tertiary/aromatic N) is 1. The topological polar surface area (TPSA) is 174 Å². The van der Waals surface area contributed by atoms with Gasteiger partial charge >= 0.3 is 11.9 Å². The minimum Gasteiger partial charge on any atom is -0.481 e. The van der Waals surface area contributed by atoms with Crippen molar-refractivity contribution >= 4 is 23.8 Å². The molecule has 2 heterocycles. The summed E-state index contributed by atoms with van der Waals surface area (Å²) < 4.78 is 0. The van der Waals surface area contributed by atoms with Crippen molar-refractivity contribution < 1.29 is 29.4 Å². The van der Waals surface area contributed by atoms with Crippen molar-refractivity contribution in [3.63, 3.8) is 0 Å². The van der Waals surface area contributed by atoms with Crippen molar-refractivity contribution in [1.29, 1.82) is 0 Å². The third-order valence-electron chi connectivity index (χ3n) is 4.24. The number of hydrogen-bond acceptors (Lipinski definition) is 6. The molecule has 0 bridgehead atoms. The van der Waals surface area contributed by atoms with Gasteiger partial charge in [-0.2, -0.15) is 0 Å². The molecule has 1 aromatic heterocycles. The smallest absolute Gasteiger partial charge is 0.326 e. The summed E-state index contributed by atoms with van der Waals surface area (Å²) in [7, 11) is 0. The monoisotopic (exact) mass is 381 g/mol. The van der Waals surface area contributed by atoms with Gasteiger partial charge in [0.15, 0.2) is 0 Å². The average Bonchev–Trinajstić information content (AvgIpc) is 3.30. The van der Waals surface area contributed by atoms with E-state index in [1.807, 2.05) is 0 Å². The Hall–Kier alpha value is -2.95. The Balaban J connectivity index is 2.02. The zero-order chi connectivity index (χ0) is 19.8. The summed E-state index contributed by atoms with van der Waals surface area (Å²) in [6.07, 6.45) is 3.82. The van der Waals surface area contributed by atoms with Gasteiger partial charge in [0, 0.05) is 19.0 Å². The summed E-state index contributed by atoms with van der Waals surface area (Å²) in [4.78, 5) is 53.7. The molecule has 1 aliphatic heterocycles. The van der Waals surface area contributed by atoms with Gasteiger partial charge in [-0.05, 0) is 25.8 Å². The first-order valence-electron chi connectivity index (χ1n) is 8.63. The predicted octanol–water partition coefficient (Wildman–Crippen LogP) is -1.38. The zero-order valence-electron chi connectivity index (χ0n) is 14.6. The van der Waals surface area contributed by atoms with E-state index in [-0.39, 0.29) is 19.3 Å². The molecular weight excluding hydrogens is 358 g/mol. The Bertz CT molecular complexity index is 671. The summed E-state index contributed by atoms with van der Waals surface area (Å²) in [5.74, 6) is -3.53. The minimum atomic E-state index is -1.26. The van der Waals surface area contributed by atoms with E-state index in [0.717, 1.165) is 6.42 Å². The van der Waals surface area contributed by atoms with Gasteiger partial charge in [0.2, 0.25) is 11.8 Å². The number of nitrogens with one attached hydrogen (secondary N) is 4. The van der Waals surface area contributed by atoms with Crippen molar-refractivity contribution in [2.75, 3.05) is 6.54 Å². The maximum absolute atomic E-state index is 12.5. The first kappa shape index (κ1) is 20.4. The Morgan fingerprint density at radius 1 is 1.22 bits per heavy atom. The Kier molecular flexibility index (Phi) is 7.29. The molecule has 6 N–H and O–H groups in total. The number of amides is 2. The normalized spacial score (nSPS) is 18.4. The zero-order valence-corrected chi connectivity index (χ0v) is 14.6. The molecule has 2 amide bonds. The lowest BCUT2D eigenvalue weighted by atomic mass is 10.1. The lowest BCUT2D eigenvalue weighted by Gasteiger charge is -2.22. The van der Waals surface area contributed by atoms with Crippen LogP contribution >= 0.6 is 0 Å². The first-order chi connectivity index (χ1) is 12.9. The summed E-state index contributed by atoms with van der Waals surface area (Å²) >= 11 is 0. The number of carboxylic acid groups (broad SMARTS) is 2. The van der Waals surface area contributed by atoms with Gasteiger partial charge in [-0.25, -0.2) is 9.78 Å². The fourth-order valence-electron chi connectivity index (χ4n) is 2.80. The number of hydrogen-bond donors (Lipinski definition) is 6. The summed E-state index contributed by atoms with van der Waals surface area (Å²) in [6.45, 7) is 0.689. The summed E-state index contributed by atoms with van der Waals surface area (Å²) in [5, 5.41) is 26.1. The Morgan fingerprint density at radius 2 is 2.00 bits per heavy atom. The Morgan fingerprint density at radius 3 is 2.56 bits per heavy atom. The highest BCUT2D eigenvalue weighted by molar-refractivity contribution is 5.92. The number of aromatic amines is 1. The molecule has 0 unspecified atom stereocenters. The molecule has 11 heteroatoms. The van der Waals surface area contributed by atoms with Crippen LogP contribution in [0.5, 0.6) is 0 Å². The van der Waals surface area contributed by atoms with Gasteiger partial charge < -0.3 is 31.1 Å². The van der Waals surface area contributed by atoms with Crippen LogP contribution in [0.1, 0.15) is 31.4 Å². The van der Waals surface area contributed by atoms with E-state index >= 15 is 0 Å². The standard InChI is InChI=1S/C16H23N5O6/c22-13(23)4-3-11(20-14(24)10-2-1-5-18-10)15(25)21-12(16(26)27)6-9-7-17-8-19-9/h7-8,10-12,18H,1-6H2,(H,17,19)(H,20,24)(H,21,25)(H,22,23)(H,26,27)/t10-,11-,12-/m0/s1. The maximum Gasteiger partial charge on any atom is 0.326 e. The SMILES string of the molecule is O=C(O)CC[C@H](NC(=O)[C@@H]1CCCN1)C(=O)N[C@@H](Cc1c[nH]cn1)C(=O)O. The van der Waals surface area contributed by atoms with Crippen LogP contribution in [-0.4, -0.2) is 68.6 Å². The van der Waals surface area contributed by atoms with E-state index < -0.39 is 41.9 Å². The number of carbonyl (C=O) groups excluding carboxylic acids is 2. The van der Waals surface area contributed by atoms with E-state index in [1.165, 1.54) is 12.5 Å². The third-order valence-corrected chi connectivity index (χ3v) is 4.24. The van der Waals surface area contributed by atoms with Gasteiger partial charge in [-0.3, -0.25) is 14.4 Å². The second-order valence-electron chi connectivity index (χ2n) is 6.31. The number of aromatic nitrogens is 2. The van der Waals surface area contributed by atoms with Crippen LogP contribution in [0.2, 0.25) is 0 Å². The molecule has 27 heavy (non-hydrogen) atoms. The van der Waals surface area contributed by atoms with E-state index in [2.05, 4.69) is 25.9 Å². The molecule has 1 fully saturated rings. The molecule has 1 saturated heterocycles. The average molecular weight is 381 g/mol. The molecule has 3 atom stereocenters. The lowest BCUT2D eigenvalue weighted by molar-refractivity contribution is -0.143. The van der Waals surface area contributed by atoms with Crippen LogP contribution in [0, 0.1) is 0 Å². The first-order valence-corrected chi connectivity index (χ1v) is 8.63. The van der Waals surface area contributed by atoms with Crippen molar-refractivity contribution in [3.8, 4) is 0 Å². The fraction of sp³-hybridized carbons (Fsp3) is 0.562. The van der Waals surface area contributed by atoms with Crippen molar-refractivity contribution in [3.05, 3.63) is 18.2 Å². The van der Waals surface area contributed by atoms with Crippen LogP contribution in [0.15, 0.2) is 12.5 Å². The Labute approximate surface area is 154 Å². The van der Waals surface area contributed by atoms with Crippen molar-refractivity contribution in [2.24, 2.45) is 0 Å². The van der Waals surface area contributed by atoms with Gasteiger partial charge in [-0.1, -0.05) is 0 Å². The van der Waals surface area contributed by atoms with Crippen LogP contribution in [0.25, 0.3) is 0 Å². The molecule has 0 aromatic carbocycles. The molecule has 148 valence electrons. The maximum atomic E-state index is 12.5. The highest BCUT2D eigenvalue weighted by atomic mass is 16.4. The van der Waals surface area contributed by atoms with Gasteiger partial charge in [0.05, 0.1) is 18.1 Å². The largest absolute Gasteiger partial charge is 0.481 e. The molecule has 11 nitrogen and oxygen atoms in total. The van der Waals surface area contributed by atoms with Crippen LogP contribution in [-0.2, 0) is 25.6 Å². The van der Waals surface area contributed by atoms with E-state index in [9.17, 15) is 24.3 Å². The van der Waals surface area contributed by atoms with Crippen molar-refractivity contribution in [1.82, 2.24) is 25.9 Å². The molecule has 0 saturated carbocycles. The van der Waals surface area contributed by atoms with Gasteiger partial charge in [-0.15, -0.1) is 0 Å². The van der Waals surface area contributed by atoms with E-state index in [4.69, 9.17) is 5.11 Å². The molecular formula is C16H23N5O6. The quantitative estimate of drug-likeness (QED) is 0.288. The van der Waals surface area contributed by atoms with Gasteiger partial charge in [0.25, 0.3) is 0 Å². The number of carboxylic acids is 2. The predicted molar refractivity (Wildman–Crippen MR) is 91.7 cm³/mol. The molecule has 1 aliphatic rings. The highest BCUT2D eigenvalue weighted by Gasteiger charge is 2.30. The lowest BCUT2D eigenvalue weighted by Crippen LogP contribution is -2.54. The van der Waals surface area contributed by atoms with Crippen molar-refractivity contribution in [2.45, 2.75) is 50.2 Å². The van der Waals surface area contributed by atoms with E-state index in [1.54, 1.807) is 0 Å². The molecule has 0 spiro atoms. The number of rotatable bonds is 10. The highest BCUT2D eigenvalue weighted by Crippen LogP contribution is 2.07. The molecule has 1 aromatic rings. The molecule has 2 rings (SSSR count). The summed E-state index contributed by atoms with van der Waals surface area (Å²) in [6, 6.07) is -2.84. The van der Waals surface area contributed by atoms with Gasteiger partial charge in [0.1, 0.15) is 12.1 Å². The fourth-order valence-corrected chi connectivity index (χ4v) is 2.80. The number of imidazole rings is 1.